The first-order valence-electron chi connectivity index (χ1n) is 17.8. The fourth-order valence-corrected chi connectivity index (χ4v) is 7.63. The van der Waals surface area contributed by atoms with Crippen molar-refractivity contribution in [3.05, 3.63) is 124 Å². The predicted octanol–water partition coefficient (Wildman–Crippen LogP) is 10.6. The smallest absolute Gasteiger partial charge is 0.196 e. The summed E-state index contributed by atoms with van der Waals surface area (Å²) in [5, 5.41) is 18.8. The van der Waals surface area contributed by atoms with Crippen molar-refractivity contribution in [1.82, 2.24) is 4.57 Å². The van der Waals surface area contributed by atoms with Crippen LogP contribution in [0.15, 0.2) is 90.1 Å². The molecule has 5 aromatic carbocycles. The molecule has 1 N–H and O–H groups in total. The average Bonchev–Trinajstić information content (AvgIpc) is 3.43. The molecule has 258 valence electrons. The number of nitrogens with zero attached hydrogens (tertiary/aromatic N) is 2. The van der Waals surface area contributed by atoms with E-state index in [1.807, 2.05) is 42.5 Å². The third kappa shape index (κ3) is 6.65. The van der Waals surface area contributed by atoms with Crippen molar-refractivity contribution in [1.29, 1.82) is 0 Å². The van der Waals surface area contributed by atoms with E-state index in [9.17, 15) is 10.0 Å². The Morgan fingerprint density at radius 3 is 2.24 bits per heavy atom. The Bertz CT molecular complexity index is 2190. The van der Waals surface area contributed by atoms with Crippen molar-refractivity contribution < 1.29 is 19.5 Å². The lowest BCUT2D eigenvalue weighted by atomic mass is 9.89. The van der Waals surface area contributed by atoms with Crippen LogP contribution in [0, 0.1) is 26.7 Å². The first kappa shape index (κ1) is 34.9. The number of oxime groups is 1. The van der Waals surface area contributed by atoms with Crippen LogP contribution in [0.1, 0.15) is 83.3 Å². The summed E-state index contributed by atoms with van der Waals surface area (Å²) in [6, 6.07) is 28.3. The van der Waals surface area contributed by atoms with Crippen molar-refractivity contribution in [2.24, 2.45) is 11.1 Å². The summed E-state index contributed by atoms with van der Waals surface area (Å²) < 4.78 is 13.6. The van der Waals surface area contributed by atoms with Crippen LogP contribution in [0.25, 0.3) is 32.6 Å². The van der Waals surface area contributed by atoms with Gasteiger partial charge >= 0.3 is 0 Å². The van der Waals surface area contributed by atoms with Gasteiger partial charge in [0.25, 0.3) is 0 Å². The van der Waals surface area contributed by atoms with E-state index in [-0.39, 0.29) is 5.78 Å². The Kier molecular flexibility index (Phi) is 10.7. The second-order valence-corrected chi connectivity index (χ2v) is 13.5. The molecule has 0 aliphatic carbocycles. The van der Waals surface area contributed by atoms with Crippen LogP contribution in [-0.4, -0.2) is 41.6 Å². The number of rotatable bonds is 14. The second-order valence-electron chi connectivity index (χ2n) is 13.5. The zero-order valence-corrected chi connectivity index (χ0v) is 30.2. The Balaban J connectivity index is 1.62. The van der Waals surface area contributed by atoms with Gasteiger partial charge in [-0.1, -0.05) is 92.4 Å². The number of para-hydroxylation sites is 1. The maximum atomic E-state index is 14.2. The number of fused-ring (bicyclic) bond motifs is 5. The molecule has 1 aromatic heterocycles. The molecule has 0 saturated carbocycles. The molecule has 50 heavy (non-hydrogen) atoms. The van der Waals surface area contributed by atoms with E-state index < -0.39 is 0 Å². The summed E-state index contributed by atoms with van der Waals surface area (Å²) in [6.45, 7) is 12.4. The number of hydrogen-bond acceptors (Lipinski definition) is 5. The number of carbonyl (C=O) groups excluding carboxylic acids is 1. The Labute approximate surface area is 295 Å². The average molecular weight is 669 g/mol. The number of aromatic nitrogens is 1. The largest absolute Gasteiger partial charge is 0.490 e. The van der Waals surface area contributed by atoms with Crippen LogP contribution < -0.4 is 4.74 Å². The minimum absolute atomic E-state index is 0.0975. The van der Waals surface area contributed by atoms with Gasteiger partial charge in [-0.05, 0) is 86.0 Å². The third-order valence-electron chi connectivity index (χ3n) is 10.1. The van der Waals surface area contributed by atoms with Gasteiger partial charge in [-0.25, -0.2) is 0 Å². The molecule has 0 spiro atoms. The Morgan fingerprint density at radius 2 is 1.54 bits per heavy atom. The Morgan fingerprint density at radius 1 is 0.820 bits per heavy atom. The van der Waals surface area contributed by atoms with Crippen molar-refractivity contribution in [2.75, 3.05) is 20.3 Å². The fourth-order valence-electron chi connectivity index (χ4n) is 7.63. The van der Waals surface area contributed by atoms with Gasteiger partial charge < -0.3 is 19.2 Å². The molecule has 6 aromatic rings. The van der Waals surface area contributed by atoms with Crippen LogP contribution in [0.2, 0.25) is 0 Å². The van der Waals surface area contributed by atoms with Crippen LogP contribution >= 0.6 is 0 Å². The molecule has 0 fully saturated rings. The normalized spacial score (nSPS) is 12.6. The second kappa shape index (κ2) is 15.3. The number of hydrogen-bond donors (Lipinski definition) is 1. The van der Waals surface area contributed by atoms with Gasteiger partial charge in [0.05, 0.1) is 17.7 Å². The van der Waals surface area contributed by atoms with E-state index in [1.54, 1.807) is 7.11 Å². The SMILES string of the molecule is CCCCC(CC)Cn1c2ccc(C(=O)c3ccccc3OCCOC)cc2c2cc(/C(=N/O)c3c(C)cc(C)cc3C)c3ccccc3c21. The van der Waals surface area contributed by atoms with Crippen LogP contribution in [0.4, 0.5) is 0 Å². The molecular weight excluding hydrogens is 620 g/mol. The summed E-state index contributed by atoms with van der Waals surface area (Å²) >= 11 is 0. The zero-order valence-electron chi connectivity index (χ0n) is 30.2. The molecule has 1 unspecified atom stereocenters. The molecule has 6 heteroatoms. The number of carbonyl (C=O) groups is 1. The van der Waals surface area contributed by atoms with Gasteiger partial charge in [0.15, 0.2) is 5.78 Å². The summed E-state index contributed by atoms with van der Waals surface area (Å²) in [5.41, 5.74) is 8.95. The lowest BCUT2D eigenvalue weighted by Gasteiger charge is -2.19. The number of methoxy groups -OCH3 is 1. The van der Waals surface area contributed by atoms with E-state index in [1.165, 1.54) is 18.4 Å². The minimum Gasteiger partial charge on any atom is -0.490 e. The zero-order chi connectivity index (χ0) is 35.4. The summed E-state index contributed by atoms with van der Waals surface area (Å²) in [7, 11) is 1.63. The summed E-state index contributed by atoms with van der Waals surface area (Å²) in [4.78, 5) is 14.2. The maximum absolute atomic E-state index is 14.2. The van der Waals surface area contributed by atoms with Crippen molar-refractivity contribution in [2.45, 2.75) is 66.8 Å². The molecule has 0 saturated heterocycles. The maximum Gasteiger partial charge on any atom is 0.196 e. The number of aryl methyl sites for hydroxylation is 3. The summed E-state index contributed by atoms with van der Waals surface area (Å²) in [5.74, 6) is 0.955. The number of unbranched alkanes of at least 4 members (excludes halogenated alkanes) is 1. The van der Waals surface area contributed by atoms with Gasteiger partial charge in [-0.15, -0.1) is 0 Å². The van der Waals surface area contributed by atoms with Crippen molar-refractivity contribution in [3.8, 4) is 5.75 Å². The molecular formula is C44H48N2O4. The molecule has 1 heterocycles. The molecule has 6 nitrogen and oxygen atoms in total. The first-order chi connectivity index (χ1) is 24.3. The van der Waals surface area contributed by atoms with Gasteiger partial charge in [-0.2, -0.15) is 0 Å². The topological polar surface area (TPSA) is 73.0 Å². The van der Waals surface area contributed by atoms with E-state index in [2.05, 4.69) is 86.8 Å². The monoisotopic (exact) mass is 668 g/mol. The van der Waals surface area contributed by atoms with Gasteiger partial charge in [0.1, 0.15) is 18.1 Å². The van der Waals surface area contributed by atoms with Crippen LogP contribution in [0.5, 0.6) is 5.75 Å². The number of ketones is 1. The molecule has 0 bridgehead atoms. The minimum atomic E-state index is -0.0975. The molecule has 6 rings (SSSR count). The van der Waals surface area contributed by atoms with Crippen LogP contribution in [-0.2, 0) is 11.3 Å². The highest BCUT2D eigenvalue weighted by Gasteiger charge is 2.24. The van der Waals surface area contributed by atoms with Crippen molar-refractivity contribution >= 4 is 44.1 Å². The molecule has 1 atom stereocenters. The predicted molar refractivity (Wildman–Crippen MR) is 206 cm³/mol. The number of ether oxygens (including phenoxy) is 2. The van der Waals surface area contributed by atoms with Crippen molar-refractivity contribution in [3.63, 3.8) is 0 Å². The number of benzene rings is 5. The quantitative estimate of drug-likeness (QED) is 0.0412. The van der Waals surface area contributed by atoms with Gasteiger partial charge in [0, 0.05) is 52.0 Å². The highest BCUT2D eigenvalue weighted by Crippen LogP contribution is 2.39. The Hall–Kier alpha value is -4.94. The molecule has 0 aliphatic rings. The third-order valence-corrected chi connectivity index (χ3v) is 10.1. The fraction of sp³-hybridized carbons (Fsp3) is 0.318. The van der Waals surface area contributed by atoms with Gasteiger partial charge in [0.2, 0.25) is 0 Å². The first-order valence-corrected chi connectivity index (χ1v) is 17.8. The van der Waals surface area contributed by atoms with E-state index in [0.29, 0.717) is 41.7 Å². The lowest BCUT2D eigenvalue weighted by Crippen LogP contribution is -2.11. The molecule has 0 amide bonds. The summed E-state index contributed by atoms with van der Waals surface area (Å²) in [6.07, 6.45) is 4.60. The highest BCUT2D eigenvalue weighted by molar-refractivity contribution is 6.28. The van der Waals surface area contributed by atoms with E-state index >= 15 is 0 Å². The van der Waals surface area contributed by atoms with E-state index in [0.717, 1.165) is 74.2 Å². The standard InChI is InChI=1S/C44H48N2O4/c1-7-9-14-31(8-2)27-46-39-20-19-32(44(47)35-17-12-13-18-40(35)50-22-21-49-6)25-36(39)38-26-37(33-15-10-11-16-34(33)43(38)46)42(45-48)41-29(4)23-28(3)24-30(41)5/h10-13,15-20,23-26,31,48H,7-9,14,21-22,27H2,1-6H3/b45-42-. The highest BCUT2D eigenvalue weighted by atomic mass is 16.5. The van der Waals surface area contributed by atoms with E-state index in [4.69, 9.17) is 9.47 Å². The molecule has 0 radical (unpaired) electrons. The molecule has 0 aliphatic heterocycles. The van der Waals surface area contributed by atoms with Gasteiger partial charge in [-0.3, -0.25) is 4.79 Å². The van der Waals surface area contributed by atoms with Crippen LogP contribution in [0.3, 0.4) is 0 Å². The lowest BCUT2D eigenvalue weighted by molar-refractivity contribution is 0.103.